The zero-order chi connectivity index (χ0) is 25.2. The molecule has 1 saturated heterocycles. The molecule has 186 valence electrons. The molecule has 1 aliphatic rings. The van der Waals surface area contributed by atoms with E-state index in [2.05, 4.69) is 4.99 Å². The number of para-hydroxylation sites is 1. The Morgan fingerprint density at radius 2 is 1.80 bits per heavy atom. The zero-order valence-electron chi connectivity index (χ0n) is 18.8. The second-order valence-electron chi connectivity index (χ2n) is 7.94. The van der Waals surface area contributed by atoms with Gasteiger partial charge in [-0.15, -0.1) is 0 Å². The number of benzene rings is 2. The maximum absolute atomic E-state index is 14.5. The molecule has 0 atom stereocenters. The highest BCUT2D eigenvalue weighted by Crippen LogP contribution is 2.25. The molecule has 0 spiro atoms. The number of halogens is 2. The molecule has 1 fully saturated rings. The highest BCUT2D eigenvalue weighted by molar-refractivity contribution is 7.89. The molecule has 35 heavy (non-hydrogen) atoms. The van der Waals surface area contributed by atoms with Crippen molar-refractivity contribution in [2.75, 3.05) is 19.7 Å². The Hall–Kier alpha value is -2.96. The number of fused-ring (bicyclic) bond motifs is 1. The number of carbonyl (C=O) groups excluding carboxylic acids is 2. The number of rotatable bonds is 6. The fourth-order valence-electron chi connectivity index (χ4n) is 3.94. The van der Waals surface area contributed by atoms with Gasteiger partial charge in [0.05, 0.1) is 21.7 Å². The fourth-order valence-corrected chi connectivity index (χ4v) is 6.46. The summed E-state index contributed by atoms with van der Waals surface area (Å²) in [6, 6.07) is 9.06. The van der Waals surface area contributed by atoms with Crippen LogP contribution in [-0.2, 0) is 30.9 Å². The first-order valence-electron chi connectivity index (χ1n) is 11.0. The second kappa shape index (κ2) is 10.3. The molecular weight excluding hydrogens is 500 g/mol. The molecule has 0 aliphatic carbocycles. The first-order chi connectivity index (χ1) is 16.7. The molecule has 0 saturated carbocycles. The van der Waals surface area contributed by atoms with E-state index in [1.54, 1.807) is 13.0 Å². The van der Waals surface area contributed by atoms with Gasteiger partial charge in [0.1, 0.15) is 18.2 Å². The summed E-state index contributed by atoms with van der Waals surface area (Å²) in [5.41, 5.74) is 0.164. The molecule has 1 aliphatic heterocycles. The first-order valence-corrected chi connectivity index (χ1v) is 13.2. The van der Waals surface area contributed by atoms with E-state index in [4.69, 9.17) is 4.74 Å². The number of piperidine rings is 1. The number of hydrogen-bond acceptors (Lipinski definition) is 6. The minimum absolute atomic E-state index is 0.0133. The standard InChI is InChI=1S/C23H23F2N3O5S2/c1-2-33-20(29)14-28-21-18(25)4-3-5-19(21)34-23(28)26-22(30)15-10-12-27(13-11-15)35(31,32)17-8-6-16(24)7-9-17/h3-9,15H,2,10-14H2,1H3. The smallest absolute Gasteiger partial charge is 0.326 e. The number of ether oxygens (including phenoxy) is 1. The Bertz CT molecular complexity index is 1420. The topological polar surface area (TPSA) is 98.0 Å². The average molecular weight is 524 g/mol. The van der Waals surface area contributed by atoms with Gasteiger partial charge in [0.15, 0.2) is 4.80 Å². The van der Waals surface area contributed by atoms with E-state index in [1.807, 2.05) is 0 Å². The largest absolute Gasteiger partial charge is 0.465 e. The van der Waals surface area contributed by atoms with E-state index < -0.39 is 39.5 Å². The third-order valence-electron chi connectivity index (χ3n) is 5.70. The molecule has 12 heteroatoms. The molecule has 0 N–H and O–H groups in total. The average Bonchev–Trinajstić information content (AvgIpc) is 3.17. The maximum atomic E-state index is 14.5. The third-order valence-corrected chi connectivity index (χ3v) is 8.66. The van der Waals surface area contributed by atoms with Crippen LogP contribution in [0.25, 0.3) is 10.2 Å². The van der Waals surface area contributed by atoms with E-state index in [0.717, 1.165) is 23.5 Å². The van der Waals surface area contributed by atoms with Gasteiger partial charge in [-0.25, -0.2) is 17.2 Å². The van der Waals surface area contributed by atoms with Gasteiger partial charge in [-0.2, -0.15) is 9.30 Å². The first kappa shape index (κ1) is 25.1. The molecule has 0 unspecified atom stereocenters. The van der Waals surface area contributed by atoms with Crippen LogP contribution in [0.15, 0.2) is 52.4 Å². The van der Waals surface area contributed by atoms with Crippen molar-refractivity contribution in [3.8, 4) is 0 Å². The molecule has 8 nitrogen and oxygen atoms in total. The van der Waals surface area contributed by atoms with Crippen LogP contribution in [0.3, 0.4) is 0 Å². The SMILES string of the molecule is CCOC(=O)Cn1c(=NC(=O)C2CCN(S(=O)(=O)c3ccc(F)cc3)CC2)sc2cccc(F)c21. The summed E-state index contributed by atoms with van der Waals surface area (Å²) in [5, 5.41) is 0. The van der Waals surface area contributed by atoms with Crippen LogP contribution >= 0.6 is 11.3 Å². The van der Waals surface area contributed by atoms with Crippen LogP contribution in [0.4, 0.5) is 8.78 Å². The predicted octanol–water partition coefficient (Wildman–Crippen LogP) is 3.07. The van der Waals surface area contributed by atoms with Crippen LogP contribution in [0.5, 0.6) is 0 Å². The summed E-state index contributed by atoms with van der Waals surface area (Å²) in [7, 11) is -3.80. The number of amides is 1. The van der Waals surface area contributed by atoms with Crippen molar-refractivity contribution in [1.82, 2.24) is 8.87 Å². The molecule has 2 aromatic carbocycles. The molecule has 0 bridgehead atoms. The van der Waals surface area contributed by atoms with Gasteiger partial charge in [0.2, 0.25) is 10.0 Å². The lowest BCUT2D eigenvalue weighted by atomic mass is 9.98. The highest BCUT2D eigenvalue weighted by atomic mass is 32.2. The number of sulfonamides is 1. The number of nitrogens with zero attached hydrogens (tertiary/aromatic N) is 3. The van der Waals surface area contributed by atoms with Gasteiger partial charge in [0, 0.05) is 19.0 Å². The Morgan fingerprint density at radius 1 is 1.11 bits per heavy atom. The van der Waals surface area contributed by atoms with Crippen LogP contribution in [0.1, 0.15) is 19.8 Å². The molecular formula is C23H23F2N3O5S2. The van der Waals surface area contributed by atoms with Gasteiger partial charge in [0.25, 0.3) is 5.91 Å². The zero-order valence-corrected chi connectivity index (χ0v) is 20.4. The summed E-state index contributed by atoms with van der Waals surface area (Å²) in [6.45, 7) is 1.74. The Labute approximate surface area is 204 Å². The minimum Gasteiger partial charge on any atom is -0.465 e. The van der Waals surface area contributed by atoms with E-state index >= 15 is 0 Å². The van der Waals surface area contributed by atoms with E-state index in [0.29, 0.717) is 4.70 Å². The van der Waals surface area contributed by atoms with Crippen LogP contribution in [0.2, 0.25) is 0 Å². The summed E-state index contributed by atoms with van der Waals surface area (Å²) < 4.78 is 61.4. The van der Waals surface area contributed by atoms with Crippen molar-refractivity contribution in [3.05, 3.63) is 58.9 Å². The number of aromatic nitrogens is 1. The van der Waals surface area contributed by atoms with Gasteiger partial charge in [-0.05, 0) is 56.2 Å². The normalized spacial score (nSPS) is 16.0. The third kappa shape index (κ3) is 5.34. The summed E-state index contributed by atoms with van der Waals surface area (Å²) in [4.78, 5) is 29.4. The number of esters is 1. The van der Waals surface area contributed by atoms with E-state index in [1.165, 1.54) is 33.1 Å². The van der Waals surface area contributed by atoms with Crippen molar-refractivity contribution < 1.29 is 31.5 Å². The van der Waals surface area contributed by atoms with Gasteiger partial charge < -0.3 is 9.30 Å². The maximum Gasteiger partial charge on any atom is 0.326 e. The molecule has 3 aromatic rings. The van der Waals surface area contributed by atoms with Crippen LogP contribution in [-0.4, -0.2) is 48.9 Å². The van der Waals surface area contributed by atoms with E-state index in [-0.39, 0.29) is 54.3 Å². The summed E-state index contributed by atoms with van der Waals surface area (Å²) in [6.07, 6.45) is 0.500. The monoisotopic (exact) mass is 523 g/mol. The van der Waals surface area contributed by atoms with Gasteiger partial charge in [-0.3, -0.25) is 9.59 Å². The Balaban J connectivity index is 1.55. The van der Waals surface area contributed by atoms with Crippen molar-refractivity contribution in [1.29, 1.82) is 0 Å². The lowest BCUT2D eigenvalue weighted by Gasteiger charge is -2.29. The number of hydrogen-bond donors (Lipinski definition) is 0. The molecule has 1 aromatic heterocycles. The van der Waals surface area contributed by atoms with Crippen molar-refractivity contribution in [3.63, 3.8) is 0 Å². The molecule has 2 heterocycles. The quantitative estimate of drug-likeness (QED) is 0.463. The van der Waals surface area contributed by atoms with E-state index in [9.17, 15) is 26.8 Å². The number of thiazole rings is 1. The predicted molar refractivity (Wildman–Crippen MR) is 125 cm³/mol. The van der Waals surface area contributed by atoms with Crippen LogP contribution in [0, 0.1) is 17.6 Å². The van der Waals surface area contributed by atoms with Crippen molar-refractivity contribution in [2.24, 2.45) is 10.9 Å². The molecule has 4 rings (SSSR count). The van der Waals surface area contributed by atoms with Gasteiger partial charge in [-0.1, -0.05) is 17.4 Å². The Kier molecular flexibility index (Phi) is 7.43. The van der Waals surface area contributed by atoms with Crippen molar-refractivity contribution >= 4 is 43.5 Å². The minimum atomic E-state index is -3.80. The molecule has 0 radical (unpaired) electrons. The second-order valence-corrected chi connectivity index (χ2v) is 10.9. The highest BCUT2D eigenvalue weighted by Gasteiger charge is 2.32. The van der Waals surface area contributed by atoms with Gasteiger partial charge >= 0.3 is 5.97 Å². The lowest BCUT2D eigenvalue weighted by Crippen LogP contribution is -2.40. The fraction of sp³-hybridized carbons (Fsp3) is 0.348. The number of carbonyl (C=O) groups is 2. The summed E-state index contributed by atoms with van der Waals surface area (Å²) in [5.74, 6) is -2.65. The van der Waals surface area contributed by atoms with Crippen LogP contribution < -0.4 is 4.80 Å². The molecule has 1 amide bonds. The Morgan fingerprint density at radius 3 is 2.46 bits per heavy atom. The lowest BCUT2D eigenvalue weighted by molar-refractivity contribution is -0.143. The summed E-state index contributed by atoms with van der Waals surface area (Å²) >= 11 is 1.08. The van der Waals surface area contributed by atoms with Crippen molar-refractivity contribution in [2.45, 2.75) is 31.2 Å².